The SMILES string of the molecule is CN=C(NCC1CCCOC1C(C)(C)C)N1CCC(C)CC1. The Morgan fingerprint density at radius 2 is 1.91 bits per heavy atom. The molecule has 22 heavy (non-hydrogen) atoms. The zero-order valence-electron chi connectivity index (χ0n) is 15.2. The second-order valence-corrected chi connectivity index (χ2v) is 8.16. The minimum atomic E-state index is 0.205. The summed E-state index contributed by atoms with van der Waals surface area (Å²) in [5.74, 6) is 2.51. The molecule has 4 nitrogen and oxygen atoms in total. The first-order chi connectivity index (χ1) is 10.4. The number of hydrogen-bond acceptors (Lipinski definition) is 2. The lowest BCUT2D eigenvalue weighted by Gasteiger charge is -2.41. The maximum absolute atomic E-state index is 6.09. The van der Waals surface area contributed by atoms with Crippen molar-refractivity contribution in [3.8, 4) is 0 Å². The highest BCUT2D eigenvalue weighted by Crippen LogP contribution is 2.33. The first-order valence-electron chi connectivity index (χ1n) is 8.99. The van der Waals surface area contributed by atoms with Gasteiger partial charge in [-0.15, -0.1) is 0 Å². The molecule has 2 aliphatic rings. The summed E-state index contributed by atoms with van der Waals surface area (Å²) in [6.07, 6.45) is 5.32. The molecule has 2 rings (SSSR count). The van der Waals surface area contributed by atoms with E-state index in [2.05, 4.69) is 42.9 Å². The average molecular weight is 309 g/mol. The third-order valence-electron chi connectivity index (χ3n) is 5.12. The number of hydrogen-bond donors (Lipinski definition) is 1. The van der Waals surface area contributed by atoms with Crippen molar-refractivity contribution >= 4 is 5.96 Å². The monoisotopic (exact) mass is 309 g/mol. The fraction of sp³-hybridized carbons (Fsp3) is 0.944. The van der Waals surface area contributed by atoms with Crippen LogP contribution in [0.3, 0.4) is 0 Å². The molecule has 1 N–H and O–H groups in total. The number of piperidine rings is 1. The molecule has 2 unspecified atom stereocenters. The zero-order valence-corrected chi connectivity index (χ0v) is 15.2. The van der Waals surface area contributed by atoms with Crippen molar-refractivity contribution in [2.75, 3.05) is 33.3 Å². The van der Waals surface area contributed by atoms with Gasteiger partial charge in [0.15, 0.2) is 5.96 Å². The van der Waals surface area contributed by atoms with Gasteiger partial charge in [0, 0.05) is 39.2 Å². The summed E-state index contributed by atoms with van der Waals surface area (Å²) in [6.45, 7) is 13.4. The van der Waals surface area contributed by atoms with Gasteiger partial charge in [-0.3, -0.25) is 4.99 Å². The van der Waals surface area contributed by atoms with Crippen LogP contribution in [0.4, 0.5) is 0 Å². The van der Waals surface area contributed by atoms with Gasteiger partial charge in [-0.2, -0.15) is 0 Å². The van der Waals surface area contributed by atoms with Crippen LogP contribution in [0.5, 0.6) is 0 Å². The van der Waals surface area contributed by atoms with E-state index in [1.54, 1.807) is 0 Å². The van der Waals surface area contributed by atoms with Gasteiger partial charge in [-0.1, -0.05) is 27.7 Å². The molecule has 2 heterocycles. The molecule has 2 fully saturated rings. The van der Waals surface area contributed by atoms with Gasteiger partial charge in [0.25, 0.3) is 0 Å². The van der Waals surface area contributed by atoms with Gasteiger partial charge in [0.05, 0.1) is 6.10 Å². The topological polar surface area (TPSA) is 36.9 Å². The Morgan fingerprint density at radius 3 is 2.50 bits per heavy atom. The largest absolute Gasteiger partial charge is 0.377 e. The molecule has 128 valence electrons. The molecule has 0 radical (unpaired) electrons. The molecule has 0 saturated carbocycles. The Kier molecular flexibility index (Phi) is 6.13. The van der Waals surface area contributed by atoms with Gasteiger partial charge in [0.1, 0.15) is 0 Å². The number of rotatable bonds is 2. The van der Waals surface area contributed by atoms with Gasteiger partial charge in [-0.25, -0.2) is 0 Å². The number of ether oxygens (including phenoxy) is 1. The van der Waals surface area contributed by atoms with Crippen LogP contribution in [0.2, 0.25) is 0 Å². The molecular weight excluding hydrogens is 274 g/mol. The maximum Gasteiger partial charge on any atom is 0.193 e. The number of aliphatic imine (C=N–C) groups is 1. The third kappa shape index (κ3) is 4.61. The normalized spacial score (nSPS) is 28.8. The van der Waals surface area contributed by atoms with Crippen LogP contribution >= 0.6 is 0 Å². The highest BCUT2D eigenvalue weighted by Gasteiger charge is 2.35. The quantitative estimate of drug-likeness (QED) is 0.629. The number of nitrogens with one attached hydrogen (secondary N) is 1. The summed E-state index contributed by atoms with van der Waals surface area (Å²) in [7, 11) is 1.90. The average Bonchev–Trinajstić information content (AvgIpc) is 2.49. The Balaban J connectivity index is 1.89. The van der Waals surface area contributed by atoms with Crippen molar-refractivity contribution in [1.82, 2.24) is 10.2 Å². The Bertz CT molecular complexity index is 367. The summed E-state index contributed by atoms with van der Waals surface area (Å²) >= 11 is 0. The van der Waals surface area contributed by atoms with Crippen molar-refractivity contribution in [3.05, 3.63) is 0 Å². The molecule has 0 aromatic carbocycles. The molecule has 0 amide bonds. The van der Waals surface area contributed by atoms with Crippen molar-refractivity contribution in [3.63, 3.8) is 0 Å². The first-order valence-corrected chi connectivity index (χ1v) is 8.99. The fourth-order valence-electron chi connectivity index (χ4n) is 3.78. The third-order valence-corrected chi connectivity index (χ3v) is 5.12. The summed E-state index contributed by atoms with van der Waals surface area (Å²) in [5, 5.41) is 3.62. The standard InChI is InChI=1S/C18H35N3O/c1-14-8-10-21(11-9-14)17(19-5)20-13-15-7-6-12-22-16(15)18(2,3)4/h14-16H,6-13H2,1-5H3,(H,19,20). The Morgan fingerprint density at radius 1 is 1.23 bits per heavy atom. The lowest BCUT2D eigenvalue weighted by Crippen LogP contribution is -2.50. The smallest absolute Gasteiger partial charge is 0.193 e. The minimum Gasteiger partial charge on any atom is -0.377 e. The number of guanidine groups is 1. The van der Waals surface area contributed by atoms with Crippen molar-refractivity contribution in [2.24, 2.45) is 22.2 Å². The second-order valence-electron chi connectivity index (χ2n) is 8.16. The van der Waals surface area contributed by atoms with Crippen LogP contribution in [-0.2, 0) is 4.74 Å². The van der Waals surface area contributed by atoms with Crippen molar-refractivity contribution in [2.45, 2.75) is 59.5 Å². The summed E-state index contributed by atoms with van der Waals surface area (Å²) in [4.78, 5) is 6.91. The van der Waals surface area contributed by atoms with E-state index in [1.807, 2.05) is 7.05 Å². The fourth-order valence-corrected chi connectivity index (χ4v) is 3.78. The van der Waals surface area contributed by atoms with E-state index in [4.69, 9.17) is 4.74 Å². The van der Waals surface area contributed by atoms with Crippen LogP contribution in [0.15, 0.2) is 4.99 Å². The molecule has 2 saturated heterocycles. The van der Waals surface area contributed by atoms with Crippen LogP contribution < -0.4 is 5.32 Å². The Hall–Kier alpha value is -0.770. The van der Waals surface area contributed by atoms with Crippen LogP contribution in [-0.4, -0.2) is 50.3 Å². The van der Waals surface area contributed by atoms with Crippen LogP contribution in [0.1, 0.15) is 53.4 Å². The first kappa shape index (κ1) is 17.6. The molecule has 0 aromatic rings. The van der Waals surface area contributed by atoms with Crippen molar-refractivity contribution < 1.29 is 4.74 Å². The van der Waals surface area contributed by atoms with E-state index in [-0.39, 0.29) is 5.41 Å². The summed E-state index contributed by atoms with van der Waals surface area (Å²) < 4.78 is 6.09. The van der Waals surface area contributed by atoms with Gasteiger partial charge in [-0.05, 0) is 37.0 Å². The molecule has 0 spiro atoms. The maximum atomic E-state index is 6.09. The highest BCUT2D eigenvalue weighted by atomic mass is 16.5. The van der Waals surface area contributed by atoms with E-state index in [1.165, 1.54) is 25.7 Å². The second kappa shape index (κ2) is 7.67. The molecule has 0 bridgehead atoms. The molecule has 2 aliphatic heterocycles. The lowest BCUT2D eigenvalue weighted by atomic mass is 9.78. The molecule has 2 atom stereocenters. The molecule has 0 aromatic heterocycles. The van der Waals surface area contributed by atoms with E-state index < -0.39 is 0 Å². The predicted octanol–water partition coefficient (Wildman–Crippen LogP) is 3.14. The van der Waals surface area contributed by atoms with Gasteiger partial charge >= 0.3 is 0 Å². The highest BCUT2D eigenvalue weighted by molar-refractivity contribution is 5.79. The van der Waals surface area contributed by atoms with Gasteiger partial charge in [0.2, 0.25) is 0 Å². The van der Waals surface area contributed by atoms with Crippen LogP contribution in [0.25, 0.3) is 0 Å². The summed E-state index contributed by atoms with van der Waals surface area (Å²) in [5.41, 5.74) is 0.205. The van der Waals surface area contributed by atoms with Crippen LogP contribution in [0, 0.1) is 17.3 Å². The molecular formula is C18H35N3O. The van der Waals surface area contributed by atoms with E-state index in [9.17, 15) is 0 Å². The van der Waals surface area contributed by atoms with Crippen molar-refractivity contribution in [1.29, 1.82) is 0 Å². The van der Waals surface area contributed by atoms with E-state index >= 15 is 0 Å². The lowest BCUT2D eigenvalue weighted by molar-refractivity contribution is -0.0836. The molecule has 4 heteroatoms. The van der Waals surface area contributed by atoms with E-state index in [0.717, 1.165) is 38.1 Å². The summed E-state index contributed by atoms with van der Waals surface area (Å²) in [6, 6.07) is 0. The van der Waals surface area contributed by atoms with Gasteiger partial charge < -0.3 is 15.0 Å². The van der Waals surface area contributed by atoms with E-state index in [0.29, 0.717) is 12.0 Å². The zero-order chi connectivity index (χ0) is 16.2. The minimum absolute atomic E-state index is 0.205. The predicted molar refractivity (Wildman–Crippen MR) is 93.3 cm³/mol. The molecule has 0 aliphatic carbocycles. The number of nitrogens with zero attached hydrogens (tertiary/aromatic N) is 2. The number of likely N-dealkylation sites (tertiary alicyclic amines) is 1. The Labute approximate surface area is 136 Å².